The van der Waals surface area contributed by atoms with Crippen molar-refractivity contribution in [2.24, 2.45) is 0 Å². The summed E-state index contributed by atoms with van der Waals surface area (Å²) in [6.07, 6.45) is 2.34. The number of benzene rings is 1. The molecule has 110 valence electrons. The quantitative estimate of drug-likeness (QED) is 0.908. The highest BCUT2D eigenvalue weighted by Gasteiger charge is 2.26. The van der Waals surface area contributed by atoms with Gasteiger partial charge in [0, 0.05) is 17.4 Å². The fraction of sp³-hybridized carbons (Fsp3) is 0.286. The number of carbonyl (C=O) groups excluding carboxylic acids is 1. The minimum atomic E-state index is -0.524. The van der Waals surface area contributed by atoms with Gasteiger partial charge < -0.3 is 4.74 Å². The van der Waals surface area contributed by atoms with E-state index in [-0.39, 0.29) is 17.5 Å². The number of anilines is 1. The minimum Gasteiger partial charge on any atom is -0.484 e. The van der Waals surface area contributed by atoms with Crippen LogP contribution >= 0.6 is 22.9 Å². The van der Waals surface area contributed by atoms with Gasteiger partial charge in [-0.25, -0.2) is 9.37 Å². The number of carbonyl (C=O) groups is 1. The Hall–Kier alpha value is -1.66. The number of hydrogen-bond acceptors (Lipinski definition) is 4. The lowest BCUT2D eigenvalue weighted by Gasteiger charge is -2.06. The second kappa shape index (κ2) is 5.99. The van der Waals surface area contributed by atoms with E-state index in [4.69, 9.17) is 16.3 Å². The number of ether oxygens (including phenoxy) is 1. The SMILES string of the molecule is O=C(COc1ccc(F)c(Cl)c1)Nc1nc(C2CC2)cs1. The molecule has 1 fully saturated rings. The Morgan fingerprint density at radius 3 is 3.05 bits per heavy atom. The summed E-state index contributed by atoms with van der Waals surface area (Å²) < 4.78 is 18.2. The molecule has 0 radical (unpaired) electrons. The lowest BCUT2D eigenvalue weighted by molar-refractivity contribution is -0.118. The molecule has 0 atom stereocenters. The molecule has 1 N–H and O–H groups in total. The Labute approximate surface area is 129 Å². The molecule has 1 saturated carbocycles. The van der Waals surface area contributed by atoms with E-state index in [1.165, 1.54) is 42.4 Å². The summed E-state index contributed by atoms with van der Waals surface area (Å²) in [6, 6.07) is 3.94. The monoisotopic (exact) mass is 326 g/mol. The molecule has 2 aromatic rings. The molecule has 1 aromatic carbocycles. The molecule has 4 nitrogen and oxygen atoms in total. The molecule has 0 aliphatic heterocycles. The van der Waals surface area contributed by atoms with Crippen LogP contribution in [-0.2, 0) is 4.79 Å². The molecule has 7 heteroatoms. The normalized spacial score (nSPS) is 14.0. The number of rotatable bonds is 5. The van der Waals surface area contributed by atoms with Crippen LogP contribution < -0.4 is 10.1 Å². The Bertz CT molecular complexity index is 673. The summed E-state index contributed by atoms with van der Waals surface area (Å²) in [6.45, 7) is -0.180. The third-order valence-corrected chi connectivity index (χ3v) is 4.09. The minimum absolute atomic E-state index is 0.0399. The summed E-state index contributed by atoms with van der Waals surface area (Å²) in [5.74, 6) is 0.0647. The van der Waals surface area contributed by atoms with Gasteiger partial charge in [0.15, 0.2) is 11.7 Å². The van der Waals surface area contributed by atoms with Crippen molar-refractivity contribution in [1.29, 1.82) is 0 Å². The Balaban J connectivity index is 1.52. The van der Waals surface area contributed by atoms with Gasteiger partial charge in [-0.2, -0.15) is 0 Å². The maximum Gasteiger partial charge on any atom is 0.264 e. The smallest absolute Gasteiger partial charge is 0.264 e. The first kappa shape index (κ1) is 14.3. The van der Waals surface area contributed by atoms with Crippen molar-refractivity contribution in [2.45, 2.75) is 18.8 Å². The van der Waals surface area contributed by atoms with Crippen LogP contribution in [0.25, 0.3) is 0 Å². The maximum absolute atomic E-state index is 13.0. The van der Waals surface area contributed by atoms with Gasteiger partial charge in [-0.15, -0.1) is 11.3 Å². The topological polar surface area (TPSA) is 51.2 Å². The predicted octanol–water partition coefficient (Wildman–Crippen LogP) is 3.83. The standard InChI is InChI=1S/C14H12ClFN2O2S/c15-10-5-9(3-4-11(10)16)20-6-13(19)18-14-17-12(7-21-14)8-1-2-8/h3-5,7-8H,1-2,6H2,(H,17,18,19). The average molecular weight is 327 g/mol. The van der Waals surface area contributed by atoms with Crippen molar-refractivity contribution in [3.8, 4) is 5.75 Å². The molecule has 1 aliphatic rings. The van der Waals surface area contributed by atoms with E-state index in [0.717, 1.165) is 5.69 Å². The molecule has 0 unspecified atom stereocenters. The zero-order chi connectivity index (χ0) is 14.8. The summed E-state index contributed by atoms with van der Waals surface area (Å²) in [7, 11) is 0. The van der Waals surface area contributed by atoms with E-state index < -0.39 is 5.82 Å². The summed E-state index contributed by atoms with van der Waals surface area (Å²) in [4.78, 5) is 16.1. The molecule has 0 saturated heterocycles. The number of thiazole rings is 1. The van der Waals surface area contributed by atoms with E-state index in [0.29, 0.717) is 16.8 Å². The van der Waals surface area contributed by atoms with Crippen LogP contribution in [0.2, 0.25) is 5.02 Å². The summed E-state index contributed by atoms with van der Waals surface area (Å²) >= 11 is 7.04. The lowest BCUT2D eigenvalue weighted by Crippen LogP contribution is -2.20. The van der Waals surface area contributed by atoms with E-state index >= 15 is 0 Å². The van der Waals surface area contributed by atoms with Gasteiger partial charge in [0.25, 0.3) is 5.91 Å². The first-order valence-corrected chi connectivity index (χ1v) is 7.70. The van der Waals surface area contributed by atoms with E-state index in [1.807, 2.05) is 5.38 Å². The highest BCUT2D eigenvalue weighted by atomic mass is 35.5. The lowest BCUT2D eigenvalue weighted by atomic mass is 10.3. The molecule has 1 aliphatic carbocycles. The fourth-order valence-electron chi connectivity index (χ4n) is 1.78. The second-order valence-corrected chi connectivity index (χ2v) is 6.03. The number of nitrogens with zero attached hydrogens (tertiary/aromatic N) is 1. The third kappa shape index (κ3) is 3.71. The molecule has 1 heterocycles. The number of nitrogens with one attached hydrogen (secondary N) is 1. The number of halogens is 2. The second-order valence-electron chi connectivity index (χ2n) is 4.76. The van der Waals surface area contributed by atoms with E-state index in [9.17, 15) is 9.18 Å². The number of aromatic nitrogens is 1. The van der Waals surface area contributed by atoms with Crippen LogP contribution in [-0.4, -0.2) is 17.5 Å². The van der Waals surface area contributed by atoms with Gasteiger partial charge in [-0.05, 0) is 25.0 Å². The van der Waals surface area contributed by atoms with E-state index in [2.05, 4.69) is 10.3 Å². The predicted molar refractivity (Wildman–Crippen MR) is 79.6 cm³/mol. The van der Waals surface area contributed by atoms with Crippen molar-refractivity contribution >= 4 is 34.0 Å². The van der Waals surface area contributed by atoms with Crippen LogP contribution in [0.5, 0.6) is 5.75 Å². The van der Waals surface area contributed by atoms with Crippen molar-refractivity contribution in [2.75, 3.05) is 11.9 Å². The van der Waals surface area contributed by atoms with Gasteiger partial charge in [-0.1, -0.05) is 11.6 Å². The Morgan fingerprint density at radius 2 is 2.33 bits per heavy atom. The fourth-order valence-corrected chi connectivity index (χ4v) is 2.76. The highest BCUT2D eigenvalue weighted by molar-refractivity contribution is 7.13. The molecule has 3 rings (SSSR count). The van der Waals surface area contributed by atoms with Crippen molar-refractivity contribution in [3.63, 3.8) is 0 Å². The van der Waals surface area contributed by atoms with Gasteiger partial charge in [-0.3, -0.25) is 10.1 Å². The van der Waals surface area contributed by atoms with Crippen LogP contribution in [0.15, 0.2) is 23.6 Å². The zero-order valence-electron chi connectivity index (χ0n) is 10.9. The molecule has 1 amide bonds. The summed E-state index contributed by atoms with van der Waals surface area (Å²) in [5, 5.41) is 5.18. The van der Waals surface area contributed by atoms with Crippen molar-refractivity contribution in [1.82, 2.24) is 4.98 Å². The molecule has 0 spiro atoms. The molecular formula is C14H12ClFN2O2S. The summed E-state index contributed by atoms with van der Waals surface area (Å²) in [5.41, 5.74) is 1.04. The van der Waals surface area contributed by atoms with E-state index in [1.54, 1.807) is 0 Å². The Kier molecular flexibility index (Phi) is 4.07. The zero-order valence-corrected chi connectivity index (χ0v) is 12.5. The molecular weight excluding hydrogens is 315 g/mol. The van der Waals surface area contributed by atoms with Crippen LogP contribution in [0.3, 0.4) is 0 Å². The van der Waals surface area contributed by atoms with Crippen molar-refractivity contribution in [3.05, 3.63) is 40.1 Å². The van der Waals surface area contributed by atoms with Crippen LogP contribution in [0.4, 0.5) is 9.52 Å². The first-order chi connectivity index (χ1) is 10.1. The Morgan fingerprint density at radius 1 is 1.52 bits per heavy atom. The molecule has 0 bridgehead atoms. The maximum atomic E-state index is 13.0. The molecule has 1 aromatic heterocycles. The van der Waals surface area contributed by atoms with Crippen LogP contribution in [0, 0.1) is 5.82 Å². The van der Waals surface area contributed by atoms with Gasteiger partial charge in [0.2, 0.25) is 0 Å². The highest BCUT2D eigenvalue weighted by Crippen LogP contribution is 2.40. The first-order valence-electron chi connectivity index (χ1n) is 6.45. The number of hydrogen-bond donors (Lipinski definition) is 1. The third-order valence-electron chi connectivity index (χ3n) is 3.02. The largest absolute Gasteiger partial charge is 0.484 e. The molecule has 21 heavy (non-hydrogen) atoms. The number of amides is 1. The van der Waals surface area contributed by atoms with Crippen molar-refractivity contribution < 1.29 is 13.9 Å². The van der Waals surface area contributed by atoms with Gasteiger partial charge in [0.1, 0.15) is 11.6 Å². The van der Waals surface area contributed by atoms with Gasteiger partial charge in [0.05, 0.1) is 10.7 Å². The van der Waals surface area contributed by atoms with Gasteiger partial charge >= 0.3 is 0 Å². The average Bonchev–Trinajstić information content (AvgIpc) is 3.21. The van der Waals surface area contributed by atoms with Crippen LogP contribution in [0.1, 0.15) is 24.5 Å².